The zero-order valence-electron chi connectivity index (χ0n) is 12.2. The molecule has 1 aliphatic carbocycles. The highest BCUT2D eigenvalue weighted by Gasteiger charge is 2.44. The lowest BCUT2D eigenvalue weighted by Crippen LogP contribution is -2.41. The number of hydrogen-bond acceptors (Lipinski definition) is 3. The van der Waals surface area contributed by atoms with Gasteiger partial charge in [-0.1, -0.05) is 19.4 Å². The lowest BCUT2D eigenvalue weighted by molar-refractivity contribution is 0.0798. The Balaban J connectivity index is 2.50. The van der Waals surface area contributed by atoms with E-state index in [0.717, 1.165) is 30.4 Å². The van der Waals surface area contributed by atoms with E-state index in [1.54, 1.807) is 7.11 Å². The second kappa shape index (κ2) is 4.97. The third-order valence-corrected chi connectivity index (χ3v) is 4.44. The first-order valence-corrected chi connectivity index (χ1v) is 6.86. The van der Waals surface area contributed by atoms with Crippen LogP contribution in [0.25, 0.3) is 0 Å². The topological polar surface area (TPSA) is 52.3 Å². The summed E-state index contributed by atoms with van der Waals surface area (Å²) in [5.41, 5.74) is 8.49. The zero-order chi connectivity index (χ0) is 14.2. The van der Waals surface area contributed by atoms with Crippen molar-refractivity contribution < 1.29 is 9.53 Å². The van der Waals surface area contributed by atoms with Crippen LogP contribution in [0.15, 0.2) is 12.1 Å². The molecule has 0 spiro atoms. The minimum absolute atomic E-state index is 0.0505. The van der Waals surface area contributed by atoms with Gasteiger partial charge in [0.15, 0.2) is 5.78 Å². The number of benzene rings is 1. The maximum absolute atomic E-state index is 12.9. The molecule has 2 rings (SSSR count). The molecule has 19 heavy (non-hydrogen) atoms. The van der Waals surface area contributed by atoms with Crippen molar-refractivity contribution in [3.8, 4) is 5.75 Å². The Hall–Kier alpha value is -1.35. The van der Waals surface area contributed by atoms with Crippen LogP contribution >= 0.6 is 0 Å². The maximum atomic E-state index is 12.9. The summed E-state index contributed by atoms with van der Waals surface area (Å²) in [6, 6.07) is 3.90. The summed E-state index contributed by atoms with van der Waals surface area (Å²) < 4.78 is 5.41. The third kappa shape index (κ3) is 2.27. The maximum Gasteiger partial charge on any atom is 0.174 e. The summed E-state index contributed by atoms with van der Waals surface area (Å²) in [5, 5.41) is 0. The third-order valence-electron chi connectivity index (χ3n) is 4.44. The molecule has 0 aromatic heterocycles. The molecule has 3 heteroatoms. The van der Waals surface area contributed by atoms with Crippen molar-refractivity contribution in [2.75, 3.05) is 7.11 Å². The lowest BCUT2D eigenvalue weighted by atomic mass is 9.76. The van der Waals surface area contributed by atoms with E-state index in [1.165, 1.54) is 0 Å². The van der Waals surface area contributed by atoms with Crippen LogP contribution in [-0.2, 0) is 0 Å². The largest absolute Gasteiger partial charge is 0.496 e. The Labute approximate surface area is 115 Å². The molecule has 0 amide bonds. The fraction of sp³-hybridized carbons (Fsp3) is 0.562. The van der Waals surface area contributed by atoms with Crippen molar-refractivity contribution in [2.45, 2.75) is 46.1 Å². The Bertz CT molecular complexity index is 510. The zero-order valence-corrected chi connectivity index (χ0v) is 12.2. The predicted octanol–water partition coefficient (Wildman–Crippen LogP) is 3.01. The number of aryl methyl sites for hydroxylation is 2. The number of rotatable bonds is 3. The van der Waals surface area contributed by atoms with Gasteiger partial charge in [-0.3, -0.25) is 4.79 Å². The summed E-state index contributed by atoms with van der Waals surface area (Å²) in [4.78, 5) is 12.9. The summed E-state index contributed by atoms with van der Waals surface area (Å²) in [6.45, 7) is 5.96. The average molecular weight is 261 g/mol. The van der Waals surface area contributed by atoms with Gasteiger partial charge in [-0.25, -0.2) is 0 Å². The van der Waals surface area contributed by atoms with Crippen molar-refractivity contribution >= 4 is 5.78 Å². The number of carbonyl (C=O) groups excluding carboxylic acids is 1. The van der Waals surface area contributed by atoms with Crippen LogP contribution in [0.3, 0.4) is 0 Å². The van der Waals surface area contributed by atoms with Crippen LogP contribution < -0.4 is 10.5 Å². The molecule has 1 fully saturated rings. The highest BCUT2D eigenvalue weighted by molar-refractivity contribution is 6.04. The van der Waals surface area contributed by atoms with Crippen molar-refractivity contribution in [1.29, 1.82) is 0 Å². The Morgan fingerprint density at radius 1 is 1.42 bits per heavy atom. The lowest BCUT2D eigenvalue weighted by Gasteiger charge is -2.29. The molecule has 3 nitrogen and oxygen atoms in total. The Morgan fingerprint density at radius 3 is 2.63 bits per heavy atom. The number of carbonyl (C=O) groups is 1. The summed E-state index contributed by atoms with van der Waals surface area (Å²) in [6.07, 6.45) is 2.82. The number of hydrogen-bond donors (Lipinski definition) is 1. The number of Topliss-reactive ketones (excluding diaryl/α,β-unsaturated/α-hetero) is 1. The molecule has 0 radical (unpaired) electrons. The molecule has 2 atom stereocenters. The minimum atomic E-state index is -0.451. The fourth-order valence-corrected chi connectivity index (χ4v) is 3.14. The van der Waals surface area contributed by atoms with E-state index in [1.807, 2.05) is 32.9 Å². The van der Waals surface area contributed by atoms with Crippen molar-refractivity contribution in [3.63, 3.8) is 0 Å². The van der Waals surface area contributed by atoms with Crippen molar-refractivity contribution in [2.24, 2.45) is 11.1 Å². The van der Waals surface area contributed by atoms with Gasteiger partial charge >= 0.3 is 0 Å². The van der Waals surface area contributed by atoms with Crippen molar-refractivity contribution in [1.82, 2.24) is 0 Å². The highest BCUT2D eigenvalue weighted by Crippen LogP contribution is 2.42. The molecule has 0 heterocycles. The van der Waals surface area contributed by atoms with Crippen LogP contribution in [-0.4, -0.2) is 18.9 Å². The number of methoxy groups -OCH3 is 1. The van der Waals surface area contributed by atoms with Crippen LogP contribution in [0.2, 0.25) is 0 Å². The van der Waals surface area contributed by atoms with E-state index in [4.69, 9.17) is 10.5 Å². The highest BCUT2D eigenvalue weighted by atomic mass is 16.5. The SMILES string of the molecule is COc1cc(C)cc(C)c1C(=O)C1(C)CCCC1N. The Morgan fingerprint density at radius 2 is 2.11 bits per heavy atom. The van der Waals surface area contributed by atoms with E-state index in [2.05, 4.69) is 0 Å². The first-order chi connectivity index (χ1) is 8.90. The monoisotopic (exact) mass is 261 g/mol. The van der Waals surface area contributed by atoms with E-state index in [-0.39, 0.29) is 11.8 Å². The molecule has 1 aliphatic rings. The fourth-order valence-electron chi connectivity index (χ4n) is 3.14. The summed E-state index contributed by atoms with van der Waals surface area (Å²) >= 11 is 0. The van der Waals surface area contributed by atoms with Crippen molar-refractivity contribution in [3.05, 3.63) is 28.8 Å². The normalized spacial score (nSPS) is 26.5. The van der Waals surface area contributed by atoms with E-state index in [0.29, 0.717) is 11.3 Å². The van der Waals surface area contributed by atoms with Gasteiger partial charge in [0.2, 0.25) is 0 Å². The summed E-state index contributed by atoms with van der Waals surface area (Å²) in [7, 11) is 1.61. The second-order valence-corrected chi connectivity index (χ2v) is 5.90. The molecular formula is C16H23NO2. The molecule has 1 saturated carbocycles. The number of nitrogens with two attached hydrogens (primary N) is 1. The number of ketones is 1. The molecule has 0 aliphatic heterocycles. The first-order valence-electron chi connectivity index (χ1n) is 6.86. The standard InChI is InChI=1S/C16H23NO2/c1-10-8-11(2)14(12(9-10)19-4)15(18)16(3)7-5-6-13(16)17/h8-9,13H,5-7,17H2,1-4H3. The van der Waals surface area contributed by atoms with Gasteiger partial charge in [-0.05, 0) is 43.9 Å². The summed E-state index contributed by atoms with van der Waals surface area (Å²) in [5.74, 6) is 0.801. The van der Waals surface area contributed by atoms with Gasteiger partial charge in [-0.2, -0.15) is 0 Å². The molecule has 104 valence electrons. The molecule has 0 bridgehead atoms. The van der Waals surface area contributed by atoms with Crippen LogP contribution in [0.5, 0.6) is 5.75 Å². The van der Waals surface area contributed by atoms with Gasteiger partial charge in [0.1, 0.15) is 5.75 Å². The van der Waals surface area contributed by atoms with Gasteiger partial charge < -0.3 is 10.5 Å². The number of ether oxygens (including phenoxy) is 1. The molecule has 1 aromatic rings. The molecule has 2 unspecified atom stereocenters. The minimum Gasteiger partial charge on any atom is -0.496 e. The average Bonchev–Trinajstić information content (AvgIpc) is 2.69. The van der Waals surface area contributed by atoms with Gasteiger partial charge in [-0.15, -0.1) is 0 Å². The molecule has 2 N–H and O–H groups in total. The molecular weight excluding hydrogens is 238 g/mol. The van der Waals surface area contributed by atoms with Gasteiger partial charge in [0, 0.05) is 11.5 Å². The van der Waals surface area contributed by atoms with Crippen LogP contribution in [0.4, 0.5) is 0 Å². The smallest absolute Gasteiger partial charge is 0.174 e. The Kier molecular flexibility index (Phi) is 3.68. The van der Waals surface area contributed by atoms with Crippen LogP contribution in [0, 0.1) is 19.3 Å². The molecule has 0 saturated heterocycles. The second-order valence-electron chi connectivity index (χ2n) is 5.90. The predicted molar refractivity (Wildman–Crippen MR) is 76.7 cm³/mol. The molecule has 1 aromatic carbocycles. The van der Waals surface area contributed by atoms with E-state index < -0.39 is 5.41 Å². The van der Waals surface area contributed by atoms with Crippen LogP contribution in [0.1, 0.15) is 47.7 Å². The first kappa shape index (κ1) is 14.1. The van der Waals surface area contributed by atoms with Gasteiger partial charge in [0.25, 0.3) is 0 Å². The van der Waals surface area contributed by atoms with E-state index in [9.17, 15) is 4.79 Å². The van der Waals surface area contributed by atoms with Gasteiger partial charge in [0.05, 0.1) is 12.7 Å². The van der Waals surface area contributed by atoms with E-state index >= 15 is 0 Å². The quantitative estimate of drug-likeness (QED) is 0.851.